The van der Waals surface area contributed by atoms with Crippen LogP contribution in [-0.4, -0.2) is 31.0 Å². The van der Waals surface area contributed by atoms with Crippen molar-refractivity contribution in [3.8, 4) is 0 Å². The van der Waals surface area contributed by atoms with E-state index in [-0.39, 0.29) is 0 Å². The number of hydrogen-bond donors (Lipinski definition) is 0. The summed E-state index contributed by atoms with van der Waals surface area (Å²) in [6, 6.07) is 0. The number of rotatable bonds is 4. The molecule has 0 rings (SSSR count). The lowest BCUT2D eigenvalue weighted by Gasteiger charge is -2.06. The summed E-state index contributed by atoms with van der Waals surface area (Å²) in [6.45, 7) is 7.72. The smallest absolute Gasteiger partial charge is 0.0823 e. The van der Waals surface area contributed by atoms with Crippen LogP contribution in [0.3, 0.4) is 0 Å². The average Bonchev–Trinajstić information content (AvgIpc) is 1.98. The lowest BCUT2D eigenvalue weighted by atomic mass is 10.3. The molecular formula is C9H17N3. The van der Waals surface area contributed by atoms with E-state index in [0.717, 1.165) is 17.8 Å². The van der Waals surface area contributed by atoms with Crippen LogP contribution >= 0.6 is 0 Å². The Morgan fingerprint density at radius 2 is 2.08 bits per heavy atom. The van der Waals surface area contributed by atoms with Crippen molar-refractivity contribution in [1.29, 1.82) is 0 Å². The normalized spacial score (nSPS) is 12.2. The zero-order valence-corrected chi connectivity index (χ0v) is 8.33. The third-order valence-electron chi connectivity index (χ3n) is 1.20. The van der Waals surface area contributed by atoms with E-state index in [0.29, 0.717) is 0 Å². The van der Waals surface area contributed by atoms with Crippen LogP contribution in [-0.2, 0) is 0 Å². The third-order valence-corrected chi connectivity index (χ3v) is 1.20. The molecule has 0 amide bonds. The molecule has 0 heterocycles. The molecule has 3 nitrogen and oxygen atoms in total. The Morgan fingerprint density at radius 3 is 2.50 bits per heavy atom. The van der Waals surface area contributed by atoms with E-state index in [2.05, 4.69) is 16.7 Å². The molecule has 12 heavy (non-hydrogen) atoms. The summed E-state index contributed by atoms with van der Waals surface area (Å²) in [5, 5.41) is 5.90. The van der Waals surface area contributed by atoms with Crippen molar-refractivity contribution in [2.75, 3.05) is 14.1 Å². The first-order valence-corrected chi connectivity index (χ1v) is 4.02. The van der Waals surface area contributed by atoms with Crippen LogP contribution in [0.4, 0.5) is 0 Å². The van der Waals surface area contributed by atoms with Crippen LogP contribution in [0.25, 0.3) is 0 Å². The van der Waals surface area contributed by atoms with Crippen LogP contribution in [0.5, 0.6) is 0 Å². The molecule has 0 saturated heterocycles. The Balaban J connectivity index is 4.19. The third kappa shape index (κ3) is 4.66. The number of hydrogen-bond acceptors (Lipinski definition) is 3. The SMILES string of the molecule is C=C(/N=C\CC)/C(C)=N\N(C)C. The topological polar surface area (TPSA) is 28.0 Å². The minimum Gasteiger partial charge on any atom is -0.303 e. The van der Waals surface area contributed by atoms with Gasteiger partial charge in [0, 0.05) is 20.3 Å². The first-order chi connectivity index (χ1) is 5.57. The second-order valence-electron chi connectivity index (χ2n) is 2.70. The second kappa shape index (κ2) is 5.52. The molecular weight excluding hydrogens is 150 g/mol. The summed E-state index contributed by atoms with van der Waals surface area (Å²) in [4.78, 5) is 4.12. The minimum atomic E-state index is 0.727. The largest absolute Gasteiger partial charge is 0.303 e. The van der Waals surface area contributed by atoms with Gasteiger partial charge in [-0.05, 0) is 13.3 Å². The number of nitrogens with zero attached hydrogens (tertiary/aromatic N) is 3. The molecule has 0 radical (unpaired) electrons. The van der Waals surface area contributed by atoms with Gasteiger partial charge in [0.05, 0.1) is 11.4 Å². The number of hydrazone groups is 1. The Kier molecular flexibility index (Phi) is 5.00. The van der Waals surface area contributed by atoms with Crippen molar-refractivity contribution in [3.05, 3.63) is 12.3 Å². The Bertz CT molecular complexity index is 202. The fourth-order valence-corrected chi connectivity index (χ4v) is 0.653. The maximum Gasteiger partial charge on any atom is 0.0823 e. The van der Waals surface area contributed by atoms with Gasteiger partial charge in [-0.15, -0.1) is 0 Å². The van der Waals surface area contributed by atoms with Gasteiger partial charge in [-0.3, -0.25) is 4.99 Å². The predicted octanol–water partition coefficient (Wildman–Crippen LogP) is 1.92. The van der Waals surface area contributed by atoms with Gasteiger partial charge in [-0.2, -0.15) is 5.10 Å². The van der Waals surface area contributed by atoms with Gasteiger partial charge in [-0.1, -0.05) is 13.5 Å². The summed E-state index contributed by atoms with van der Waals surface area (Å²) in [5.41, 5.74) is 1.58. The van der Waals surface area contributed by atoms with Gasteiger partial charge in [0.2, 0.25) is 0 Å². The van der Waals surface area contributed by atoms with E-state index in [4.69, 9.17) is 0 Å². The van der Waals surface area contributed by atoms with E-state index in [1.807, 2.05) is 34.2 Å². The number of aliphatic imine (C=N–C) groups is 1. The molecule has 0 N–H and O–H groups in total. The van der Waals surface area contributed by atoms with Crippen molar-refractivity contribution in [1.82, 2.24) is 5.01 Å². The molecule has 0 atom stereocenters. The van der Waals surface area contributed by atoms with Crippen molar-refractivity contribution < 1.29 is 0 Å². The van der Waals surface area contributed by atoms with Crippen molar-refractivity contribution in [2.45, 2.75) is 20.3 Å². The molecule has 0 fully saturated rings. The molecule has 0 aliphatic rings. The Morgan fingerprint density at radius 1 is 1.50 bits per heavy atom. The zero-order valence-electron chi connectivity index (χ0n) is 8.33. The highest BCUT2D eigenvalue weighted by molar-refractivity contribution is 5.98. The lowest BCUT2D eigenvalue weighted by Crippen LogP contribution is -2.07. The van der Waals surface area contributed by atoms with E-state index < -0.39 is 0 Å². The standard InChI is InChI=1S/C9H17N3/c1-6-7-10-8(2)9(3)11-12(4)5/h7H,2,6H2,1,3-5H3/b10-7-,11-9-. The van der Waals surface area contributed by atoms with E-state index in [1.165, 1.54) is 0 Å². The molecule has 0 unspecified atom stereocenters. The van der Waals surface area contributed by atoms with Crippen molar-refractivity contribution in [3.63, 3.8) is 0 Å². The molecule has 0 saturated carbocycles. The van der Waals surface area contributed by atoms with Crippen LogP contribution in [0, 0.1) is 0 Å². The van der Waals surface area contributed by atoms with Gasteiger partial charge < -0.3 is 5.01 Å². The Hall–Kier alpha value is -1.12. The first-order valence-electron chi connectivity index (χ1n) is 4.02. The lowest BCUT2D eigenvalue weighted by molar-refractivity contribution is 0.437. The predicted molar refractivity (Wildman–Crippen MR) is 54.7 cm³/mol. The summed E-state index contributed by atoms with van der Waals surface area (Å²) in [6.07, 6.45) is 2.76. The highest BCUT2D eigenvalue weighted by Crippen LogP contribution is 1.97. The van der Waals surface area contributed by atoms with Gasteiger partial charge in [0.25, 0.3) is 0 Å². The monoisotopic (exact) mass is 167 g/mol. The maximum absolute atomic E-state index is 4.17. The summed E-state index contributed by atoms with van der Waals surface area (Å²) < 4.78 is 0. The fourth-order valence-electron chi connectivity index (χ4n) is 0.653. The van der Waals surface area contributed by atoms with Crippen LogP contribution in [0.15, 0.2) is 22.4 Å². The number of allylic oxidation sites excluding steroid dienone is 1. The van der Waals surface area contributed by atoms with Crippen molar-refractivity contribution >= 4 is 11.9 Å². The van der Waals surface area contributed by atoms with Gasteiger partial charge >= 0.3 is 0 Å². The van der Waals surface area contributed by atoms with E-state index in [1.54, 1.807) is 5.01 Å². The summed E-state index contributed by atoms with van der Waals surface area (Å²) in [5.74, 6) is 0. The molecule has 0 aromatic carbocycles. The minimum absolute atomic E-state index is 0.727. The highest BCUT2D eigenvalue weighted by Gasteiger charge is 1.94. The van der Waals surface area contributed by atoms with Crippen LogP contribution in [0.1, 0.15) is 20.3 Å². The first kappa shape index (κ1) is 10.9. The molecule has 0 aromatic heterocycles. The highest BCUT2D eigenvalue weighted by atomic mass is 15.4. The molecule has 0 aliphatic heterocycles. The van der Waals surface area contributed by atoms with Crippen LogP contribution in [0.2, 0.25) is 0 Å². The summed E-state index contributed by atoms with van der Waals surface area (Å²) >= 11 is 0. The zero-order chi connectivity index (χ0) is 9.56. The Labute approximate surface area is 74.5 Å². The fraction of sp³-hybridized carbons (Fsp3) is 0.556. The maximum atomic E-state index is 4.17. The van der Waals surface area contributed by atoms with Gasteiger partial charge in [0.1, 0.15) is 0 Å². The summed E-state index contributed by atoms with van der Waals surface area (Å²) in [7, 11) is 3.75. The van der Waals surface area contributed by atoms with Gasteiger partial charge in [0.15, 0.2) is 0 Å². The van der Waals surface area contributed by atoms with E-state index >= 15 is 0 Å². The molecule has 0 bridgehead atoms. The molecule has 3 heteroatoms. The second-order valence-corrected chi connectivity index (χ2v) is 2.70. The van der Waals surface area contributed by atoms with Crippen LogP contribution < -0.4 is 0 Å². The molecule has 0 aliphatic carbocycles. The molecule has 0 aromatic rings. The van der Waals surface area contributed by atoms with E-state index in [9.17, 15) is 0 Å². The quantitative estimate of drug-likeness (QED) is 0.464. The molecule has 0 spiro atoms. The van der Waals surface area contributed by atoms with Gasteiger partial charge in [-0.25, -0.2) is 0 Å². The average molecular weight is 167 g/mol. The molecule has 68 valence electrons. The van der Waals surface area contributed by atoms with Crippen molar-refractivity contribution in [2.24, 2.45) is 10.1 Å².